The second-order valence-electron chi connectivity index (χ2n) is 5.92. The van der Waals surface area contributed by atoms with Crippen LogP contribution in [0.3, 0.4) is 0 Å². The first kappa shape index (κ1) is 14.0. The number of carbonyl (C=O) groups is 1. The molecule has 2 aromatic carbocycles. The standard InChI is InChI=1S/C19H21NO/c1-15-6-5-9-17(12-15)18-10-11-20(14-19(18)21)13-16-7-3-2-4-8-16/h2-9,12,18H,10-11,13-14H2,1H3. The fourth-order valence-electron chi connectivity index (χ4n) is 3.10. The van der Waals surface area contributed by atoms with Crippen LogP contribution >= 0.6 is 0 Å². The zero-order valence-electron chi connectivity index (χ0n) is 12.5. The van der Waals surface area contributed by atoms with Gasteiger partial charge in [-0.2, -0.15) is 0 Å². The molecule has 0 amide bonds. The minimum atomic E-state index is 0.0805. The zero-order chi connectivity index (χ0) is 14.7. The van der Waals surface area contributed by atoms with Crippen LogP contribution in [0.1, 0.15) is 29.0 Å². The van der Waals surface area contributed by atoms with Gasteiger partial charge in [-0.25, -0.2) is 0 Å². The number of likely N-dealkylation sites (tertiary alicyclic amines) is 1. The van der Waals surface area contributed by atoms with Crippen LogP contribution in [-0.2, 0) is 11.3 Å². The molecule has 0 bridgehead atoms. The summed E-state index contributed by atoms with van der Waals surface area (Å²) in [6, 6.07) is 18.7. The third kappa shape index (κ3) is 3.40. The molecule has 1 heterocycles. The van der Waals surface area contributed by atoms with Crippen LogP contribution in [0.25, 0.3) is 0 Å². The van der Waals surface area contributed by atoms with Gasteiger partial charge in [0.05, 0.1) is 6.54 Å². The number of Topliss-reactive ketones (excluding diaryl/α,β-unsaturated/α-hetero) is 1. The van der Waals surface area contributed by atoms with Gasteiger partial charge in [-0.05, 0) is 31.0 Å². The molecule has 2 heteroatoms. The van der Waals surface area contributed by atoms with Crippen LogP contribution in [0.15, 0.2) is 54.6 Å². The quantitative estimate of drug-likeness (QED) is 0.856. The third-order valence-corrected chi connectivity index (χ3v) is 4.20. The number of piperidine rings is 1. The smallest absolute Gasteiger partial charge is 0.154 e. The molecular formula is C19H21NO. The molecule has 0 saturated carbocycles. The van der Waals surface area contributed by atoms with Crippen molar-refractivity contribution in [3.8, 4) is 0 Å². The van der Waals surface area contributed by atoms with Gasteiger partial charge in [0.1, 0.15) is 0 Å². The van der Waals surface area contributed by atoms with Crippen molar-refractivity contribution in [2.45, 2.75) is 25.8 Å². The van der Waals surface area contributed by atoms with Crippen molar-refractivity contribution in [2.75, 3.05) is 13.1 Å². The number of aryl methyl sites for hydroxylation is 1. The molecule has 21 heavy (non-hydrogen) atoms. The Kier molecular flexibility index (Phi) is 4.16. The molecule has 1 aliphatic rings. The lowest BCUT2D eigenvalue weighted by Crippen LogP contribution is -2.39. The lowest BCUT2D eigenvalue weighted by molar-refractivity contribution is -0.124. The molecule has 0 N–H and O–H groups in total. The SMILES string of the molecule is Cc1cccc(C2CCN(Cc3ccccc3)CC2=O)c1. The van der Waals surface area contributed by atoms with Gasteiger partial charge in [0, 0.05) is 12.5 Å². The average Bonchev–Trinajstić information content (AvgIpc) is 2.48. The Morgan fingerprint density at radius 3 is 2.62 bits per heavy atom. The molecule has 1 aliphatic heterocycles. The minimum Gasteiger partial charge on any atom is -0.298 e. The molecule has 2 nitrogen and oxygen atoms in total. The third-order valence-electron chi connectivity index (χ3n) is 4.20. The number of carbonyl (C=O) groups excluding carboxylic acids is 1. The topological polar surface area (TPSA) is 20.3 Å². The van der Waals surface area contributed by atoms with E-state index in [1.807, 2.05) is 12.1 Å². The van der Waals surface area contributed by atoms with Crippen molar-refractivity contribution >= 4 is 5.78 Å². The second-order valence-corrected chi connectivity index (χ2v) is 5.92. The van der Waals surface area contributed by atoms with E-state index in [0.717, 1.165) is 19.5 Å². The highest BCUT2D eigenvalue weighted by molar-refractivity contribution is 5.88. The first-order chi connectivity index (χ1) is 10.2. The fourth-order valence-corrected chi connectivity index (χ4v) is 3.10. The largest absolute Gasteiger partial charge is 0.298 e. The number of rotatable bonds is 3. The van der Waals surface area contributed by atoms with Crippen molar-refractivity contribution in [2.24, 2.45) is 0 Å². The van der Waals surface area contributed by atoms with E-state index >= 15 is 0 Å². The van der Waals surface area contributed by atoms with Crippen molar-refractivity contribution in [3.05, 3.63) is 71.3 Å². The average molecular weight is 279 g/mol. The van der Waals surface area contributed by atoms with Gasteiger partial charge in [-0.1, -0.05) is 60.2 Å². The molecule has 108 valence electrons. The number of ketones is 1. The maximum atomic E-state index is 12.5. The van der Waals surface area contributed by atoms with Crippen LogP contribution in [0.5, 0.6) is 0 Å². The summed E-state index contributed by atoms with van der Waals surface area (Å²) < 4.78 is 0. The number of hydrogen-bond donors (Lipinski definition) is 0. The molecule has 1 fully saturated rings. The minimum absolute atomic E-state index is 0.0805. The highest BCUT2D eigenvalue weighted by Gasteiger charge is 2.28. The maximum Gasteiger partial charge on any atom is 0.154 e. The molecule has 0 aromatic heterocycles. The van der Waals surface area contributed by atoms with E-state index in [1.165, 1.54) is 16.7 Å². The monoisotopic (exact) mass is 279 g/mol. The van der Waals surface area contributed by atoms with E-state index in [0.29, 0.717) is 12.3 Å². The predicted octanol–water partition coefficient (Wildman–Crippen LogP) is 3.55. The van der Waals surface area contributed by atoms with E-state index in [-0.39, 0.29) is 5.92 Å². The molecule has 1 saturated heterocycles. The van der Waals surface area contributed by atoms with Crippen LogP contribution in [0, 0.1) is 6.92 Å². The summed E-state index contributed by atoms with van der Waals surface area (Å²) in [6.45, 7) is 4.50. The van der Waals surface area contributed by atoms with Crippen molar-refractivity contribution < 1.29 is 4.79 Å². The van der Waals surface area contributed by atoms with Crippen LogP contribution < -0.4 is 0 Å². The van der Waals surface area contributed by atoms with E-state index in [9.17, 15) is 4.79 Å². The Bertz CT molecular complexity index is 620. The Labute approximate surface area is 126 Å². The number of benzene rings is 2. The first-order valence-electron chi connectivity index (χ1n) is 7.58. The lowest BCUT2D eigenvalue weighted by atomic mass is 9.87. The predicted molar refractivity (Wildman–Crippen MR) is 85.3 cm³/mol. The van der Waals surface area contributed by atoms with Crippen LogP contribution in [-0.4, -0.2) is 23.8 Å². The second kappa shape index (κ2) is 6.23. The first-order valence-corrected chi connectivity index (χ1v) is 7.58. The highest BCUT2D eigenvalue weighted by Crippen LogP contribution is 2.26. The molecule has 1 atom stereocenters. The van der Waals surface area contributed by atoms with Gasteiger partial charge in [0.2, 0.25) is 0 Å². The summed E-state index contributed by atoms with van der Waals surface area (Å²) in [5, 5.41) is 0. The van der Waals surface area contributed by atoms with E-state index in [2.05, 4.69) is 54.3 Å². The lowest BCUT2D eigenvalue weighted by Gasteiger charge is -2.31. The summed E-state index contributed by atoms with van der Waals surface area (Å²) in [6.07, 6.45) is 0.926. The van der Waals surface area contributed by atoms with Crippen LogP contribution in [0.2, 0.25) is 0 Å². The summed E-state index contributed by atoms with van der Waals surface area (Å²) >= 11 is 0. The fraction of sp³-hybridized carbons (Fsp3) is 0.316. The molecule has 0 aliphatic carbocycles. The number of hydrogen-bond acceptors (Lipinski definition) is 2. The molecule has 0 spiro atoms. The summed E-state index contributed by atoms with van der Waals surface area (Å²) in [7, 11) is 0. The molecule has 3 rings (SSSR count). The molecule has 0 radical (unpaired) electrons. The van der Waals surface area contributed by atoms with Gasteiger partial charge in [0.25, 0.3) is 0 Å². The molecular weight excluding hydrogens is 258 g/mol. The van der Waals surface area contributed by atoms with Gasteiger partial charge in [-0.3, -0.25) is 9.69 Å². The van der Waals surface area contributed by atoms with E-state index in [1.54, 1.807) is 0 Å². The van der Waals surface area contributed by atoms with Crippen LogP contribution in [0.4, 0.5) is 0 Å². The van der Waals surface area contributed by atoms with Crippen molar-refractivity contribution in [1.82, 2.24) is 4.90 Å². The normalized spacial score (nSPS) is 19.7. The Morgan fingerprint density at radius 2 is 1.90 bits per heavy atom. The van der Waals surface area contributed by atoms with Gasteiger partial charge >= 0.3 is 0 Å². The zero-order valence-corrected chi connectivity index (χ0v) is 12.5. The summed E-state index contributed by atoms with van der Waals surface area (Å²) in [4.78, 5) is 14.7. The summed E-state index contributed by atoms with van der Waals surface area (Å²) in [5.41, 5.74) is 3.69. The van der Waals surface area contributed by atoms with Gasteiger partial charge < -0.3 is 0 Å². The number of nitrogens with zero attached hydrogens (tertiary/aromatic N) is 1. The Morgan fingerprint density at radius 1 is 1.10 bits per heavy atom. The van der Waals surface area contributed by atoms with Gasteiger partial charge in [0.15, 0.2) is 5.78 Å². The van der Waals surface area contributed by atoms with E-state index in [4.69, 9.17) is 0 Å². The van der Waals surface area contributed by atoms with E-state index < -0.39 is 0 Å². The van der Waals surface area contributed by atoms with Gasteiger partial charge in [-0.15, -0.1) is 0 Å². The maximum absolute atomic E-state index is 12.5. The molecule has 1 unspecified atom stereocenters. The Hall–Kier alpha value is -1.93. The van der Waals surface area contributed by atoms with Crippen molar-refractivity contribution in [1.29, 1.82) is 0 Å². The summed E-state index contributed by atoms with van der Waals surface area (Å²) in [5.74, 6) is 0.430. The Balaban J connectivity index is 1.66. The highest BCUT2D eigenvalue weighted by atomic mass is 16.1. The molecule has 2 aromatic rings. The van der Waals surface area contributed by atoms with Crippen molar-refractivity contribution in [3.63, 3.8) is 0 Å².